The topological polar surface area (TPSA) is 18.5 Å². The van der Waals surface area contributed by atoms with E-state index < -0.39 is 0 Å². The Hall–Kier alpha value is -0.120. The number of nitrogens with one attached hydrogen (secondary N) is 1. The molecule has 0 spiro atoms. The van der Waals surface area contributed by atoms with E-state index in [0.717, 1.165) is 6.54 Å². The van der Waals surface area contributed by atoms with E-state index in [-0.39, 0.29) is 0 Å². The average molecular weight is 243 g/mol. The molecule has 0 aliphatic rings. The van der Waals surface area contributed by atoms with Crippen LogP contribution in [0.2, 0.25) is 0 Å². The van der Waals surface area contributed by atoms with E-state index in [0.29, 0.717) is 18.0 Å². The lowest BCUT2D eigenvalue weighted by atomic mass is 10.0. The van der Waals surface area contributed by atoms with E-state index in [1.165, 1.54) is 19.5 Å². The highest BCUT2D eigenvalue weighted by atomic mass is 15.1. The van der Waals surface area contributed by atoms with Gasteiger partial charge in [0.15, 0.2) is 0 Å². The quantitative estimate of drug-likeness (QED) is 0.667. The number of likely N-dealkylation sites (N-methyl/N-ethyl adjacent to an activating group) is 1. The smallest absolute Gasteiger partial charge is 0.0220 e. The minimum absolute atomic E-state index is 0.567. The van der Waals surface area contributed by atoms with Crippen molar-refractivity contribution < 1.29 is 0 Å². The molecule has 0 aromatic heterocycles. The summed E-state index contributed by atoms with van der Waals surface area (Å²) in [7, 11) is 6.50. The molecule has 0 unspecified atom stereocenters. The number of hydrogen-bond donors (Lipinski definition) is 1. The maximum atomic E-state index is 3.66. The second-order valence-corrected chi connectivity index (χ2v) is 6.09. The van der Waals surface area contributed by atoms with Gasteiger partial charge in [-0.3, -0.25) is 0 Å². The van der Waals surface area contributed by atoms with Crippen molar-refractivity contribution in [2.24, 2.45) is 5.92 Å². The highest BCUT2D eigenvalue weighted by molar-refractivity contribution is 4.75. The summed E-state index contributed by atoms with van der Waals surface area (Å²) in [6, 6.07) is 1.16. The summed E-state index contributed by atoms with van der Waals surface area (Å²) in [6.07, 6.45) is 1.25. The van der Waals surface area contributed by atoms with Gasteiger partial charge >= 0.3 is 0 Å². The predicted octanol–water partition coefficient (Wildman–Crippen LogP) is 1.89. The zero-order chi connectivity index (χ0) is 13.4. The van der Waals surface area contributed by atoms with Gasteiger partial charge in [-0.05, 0) is 46.6 Å². The molecule has 0 bridgehead atoms. The van der Waals surface area contributed by atoms with E-state index in [4.69, 9.17) is 0 Å². The fourth-order valence-corrected chi connectivity index (χ4v) is 1.97. The van der Waals surface area contributed by atoms with Crippen molar-refractivity contribution in [1.29, 1.82) is 0 Å². The van der Waals surface area contributed by atoms with Crippen LogP contribution < -0.4 is 5.32 Å². The van der Waals surface area contributed by atoms with Crippen molar-refractivity contribution in [2.45, 2.75) is 46.2 Å². The molecule has 1 N–H and O–H groups in total. The van der Waals surface area contributed by atoms with Crippen LogP contribution in [0.3, 0.4) is 0 Å². The van der Waals surface area contributed by atoms with Gasteiger partial charge in [-0.1, -0.05) is 27.7 Å². The average Bonchev–Trinajstić information content (AvgIpc) is 2.15. The molecule has 0 aliphatic heterocycles. The summed E-state index contributed by atoms with van der Waals surface area (Å²) in [5.41, 5.74) is 0. The molecular weight excluding hydrogens is 210 g/mol. The van der Waals surface area contributed by atoms with Crippen LogP contribution in [0.5, 0.6) is 0 Å². The molecule has 0 aromatic rings. The van der Waals surface area contributed by atoms with Gasteiger partial charge in [0.25, 0.3) is 0 Å². The Kier molecular flexibility index (Phi) is 8.83. The molecule has 0 amide bonds. The molecule has 3 heteroatoms. The maximum absolute atomic E-state index is 3.66. The standard InChI is InChI=1S/C14H33N3/c1-12(2)14(15-13(3)4)11-17(7)10-8-9-16(5)6/h12-15H,8-11H2,1-7H3/t14-/m0/s1. The zero-order valence-corrected chi connectivity index (χ0v) is 13.0. The van der Waals surface area contributed by atoms with Crippen LogP contribution in [0, 0.1) is 5.92 Å². The summed E-state index contributed by atoms with van der Waals surface area (Å²) in [5.74, 6) is 0.689. The monoisotopic (exact) mass is 243 g/mol. The largest absolute Gasteiger partial charge is 0.310 e. The molecule has 1 atom stereocenters. The molecule has 0 aliphatic carbocycles. The molecule has 0 aromatic carbocycles. The molecule has 3 nitrogen and oxygen atoms in total. The van der Waals surface area contributed by atoms with E-state index >= 15 is 0 Å². The van der Waals surface area contributed by atoms with E-state index in [1.807, 2.05) is 0 Å². The number of hydrogen-bond acceptors (Lipinski definition) is 3. The Morgan fingerprint density at radius 2 is 1.53 bits per heavy atom. The highest BCUT2D eigenvalue weighted by Crippen LogP contribution is 2.05. The van der Waals surface area contributed by atoms with Crippen molar-refractivity contribution in [2.75, 3.05) is 40.8 Å². The summed E-state index contributed by atoms with van der Waals surface area (Å²) in [4.78, 5) is 4.70. The third-order valence-corrected chi connectivity index (χ3v) is 3.01. The third-order valence-electron chi connectivity index (χ3n) is 3.01. The van der Waals surface area contributed by atoms with Gasteiger partial charge in [-0.15, -0.1) is 0 Å². The van der Waals surface area contributed by atoms with Gasteiger partial charge in [0, 0.05) is 18.6 Å². The lowest BCUT2D eigenvalue weighted by Gasteiger charge is -2.29. The van der Waals surface area contributed by atoms with Crippen LogP contribution in [0.1, 0.15) is 34.1 Å². The SMILES string of the molecule is CC(C)N[C@@H](CN(C)CCCN(C)C)C(C)C. The number of nitrogens with zero attached hydrogens (tertiary/aromatic N) is 2. The van der Waals surface area contributed by atoms with Crippen molar-refractivity contribution in [3.8, 4) is 0 Å². The Balaban J connectivity index is 3.91. The molecule has 17 heavy (non-hydrogen) atoms. The van der Waals surface area contributed by atoms with Crippen LogP contribution in [-0.4, -0.2) is 62.7 Å². The molecule has 0 rings (SSSR count). The van der Waals surface area contributed by atoms with Gasteiger partial charge in [0.05, 0.1) is 0 Å². The second kappa shape index (κ2) is 8.90. The summed E-state index contributed by atoms with van der Waals surface area (Å²) in [5, 5.41) is 3.66. The first-order chi connectivity index (χ1) is 7.82. The molecule has 0 heterocycles. The molecule has 0 fully saturated rings. The Bertz CT molecular complexity index is 178. The van der Waals surface area contributed by atoms with E-state index in [2.05, 4.69) is 64.0 Å². The normalized spacial score (nSPS) is 14.3. The first-order valence-corrected chi connectivity index (χ1v) is 6.92. The molecule has 0 saturated heterocycles. The van der Waals surface area contributed by atoms with Crippen molar-refractivity contribution in [1.82, 2.24) is 15.1 Å². The summed E-state index contributed by atoms with van der Waals surface area (Å²) < 4.78 is 0. The van der Waals surface area contributed by atoms with Crippen LogP contribution >= 0.6 is 0 Å². The van der Waals surface area contributed by atoms with Gasteiger partial charge in [0.1, 0.15) is 0 Å². The van der Waals surface area contributed by atoms with Gasteiger partial charge in [-0.2, -0.15) is 0 Å². The minimum Gasteiger partial charge on any atom is -0.310 e. The molecular formula is C14H33N3. The van der Waals surface area contributed by atoms with Gasteiger partial charge in [0.2, 0.25) is 0 Å². The predicted molar refractivity (Wildman–Crippen MR) is 77.6 cm³/mol. The lowest BCUT2D eigenvalue weighted by molar-refractivity contribution is 0.235. The summed E-state index contributed by atoms with van der Waals surface area (Å²) >= 11 is 0. The summed E-state index contributed by atoms with van der Waals surface area (Å²) in [6.45, 7) is 12.5. The van der Waals surface area contributed by atoms with Crippen molar-refractivity contribution >= 4 is 0 Å². The first-order valence-electron chi connectivity index (χ1n) is 6.92. The molecule has 104 valence electrons. The van der Waals surface area contributed by atoms with Crippen molar-refractivity contribution in [3.63, 3.8) is 0 Å². The molecule has 0 radical (unpaired) electrons. The maximum Gasteiger partial charge on any atom is 0.0220 e. The van der Waals surface area contributed by atoms with Crippen LogP contribution in [0.4, 0.5) is 0 Å². The third kappa shape index (κ3) is 9.57. The first kappa shape index (κ1) is 16.9. The Morgan fingerprint density at radius 1 is 0.941 bits per heavy atom. The highest BCUT2D eigenvalue weighted by Gasteiger charge is 2.15. The van der Waals surface area contributed by atoms with Crippen molar-refractivity contribution in [3.05, 3.63) is 0 Å². The van der Waals surface area contributed by atoms with E-state index in [9.17, 15) is 0 Å². The Labute approximate surface area is 109 Å². The number of rotatable bonds is 9. The zero-order valence-electron chi connectivity index (χ0n) is 13.0. The van der Waals surface area contributed by atoms with E-state index in [1.54, 1.807) is 0 Å². The fourth-order valence-electron chi connectivity index (χ4n) is 1.97. The van der Waals surface area contributed by atoms with Gasteiger partial charge < -0.3 is 15.1 Å². The van der Waals surface area contributed by atoms with Crippen LogP contribution in [-0.2, 0) is 0 Å². The minimum atomic E-state index is 0.567. The fraction of sp³-hybridized carbons (Fsp3) is 1.00. The van der Waals surface area contributed by atoms with Crippen LogP contribution in [0.25, 0.3) is 0 Å². The lowest BCUT2D eigenvalue weighted by Crippen LogP contribution is -2.46. The Morgan fingerprint density at radius 3 is 1.94 bits per heavy atom. The van der Waals surface area contributed by atoms with Gasteiger partial charge in [-0.25, -0.2) is 0 Å². The van der Waals surface area contributed by atoms with Crippen LogP contribution in [0.15, 0.2) is 0 Å². The molecule has 0 saturated carbocycles. The second-order valence-electron chi connectivity index (χ2n) is 6.09.